The number of nitrogens with zero attached hydrogens (tertiary/aromatic N) is 6. The molecule has 0 saturated heterocycles. The number of aromatic nitrogens is 6. The first kappa shape index (κ1) is 23.3. The van der Waals surface area contributed by atoms with Gasteiger partial charge >= 0.3 is 0 Å². The molecule has 1 atom stereocenters. The van der Waals surface area contributed by atoms with Gasteiger partial charge in [0.25, 0.3) is 5.91 Å². The van der Waals surface area contributed by atoms with Crippen molar-refractivity contribution in [1.29, 1.82) is 0 Å². The number of thioether (sulfide) groups is 1. The second-order valence-electron chi connectivity index (χ2n) is 7.33. The summed E-state index contributed by atoms with van der Waals surface area (Å²) >= 11 is 9.01. The zero-order valence-corrected chi connectivity index (χ0v) is 20.1. The molecule has 0 aliphatic carbocycles. The summed E-state index contributed by atoms with van der Waals surface area (Å²) in [6.07, 6.45) is 4.97. The molecule has 1 amide bonds. The summed E-state index contributed by atoms with van der Waals surface area (Å²) < 4.78 is 30.1. The third-order valence-corrected chi connectivity index (χ3v) is 7.41. The summed E-state index contributed by atoms with van der Waals surface area (Å²) in [5.74, 6) is -2.04. The molecule has 33 heavy (non-hydrogen) atoms. The predicted molar refractivity (Wildman–Crippen MR) is 122 cm³/mol. The Hall–Kier alpha value is -2.83. The zero-order valence-electron chi connectivity index (χ0n) is 17.7. The number of halogens is 3. The standard InChI is InChI=1S/C20H18ClF2N7OS2/c1-20(19-26-16(21)9-33-19,12-7-25-29(2)18(12)32-3)10-24-17(31)14-8-30(28-27-14)15-5-4-11(22)6-13(15)23/h4-9H,10H2,1-3H3,(H,24,31). The summed E-state index contributed by atoms with van der Waals surface area (Å²) in [7, 11) is 1.84. The Morgan fingerprint density at radius 2 is 2.15 bits per heavy atom. The van der Waals surface area contributed by atoms with Crippen molar-refractivity contribution in [3.05, 3.63) is 69.0 Å². The zero-order chi connectivity index (χ0) is 23.8. The number of rotatable bonds is 7. The van der Waals surface area contributed by atoms with Gasteiger partial charge in [0.1, 0.15) is 21.7 Å². The molecule has 0 saturated carbocycles. The van der Waals surface area contributed by atoms with Crippen LogP contribution in [0.5, 0.6) is 0 Å². The molecule has 1 N–H and O–H groups in total. The lowest BCUT2D eigenvalue weighted by Crippen LogP contribution is -2.40. The molecule has 1 unspecified atom stereocenters. The van der Waals surface area contributed by atoms with Gasteiger partial charge < -0.3 is 5.32 Å². The topological polar surface area (TPSA) is 90.5 Å². The monoisotopic (exact) mass is 509 g/mol. The fourth-order valence-corrected chi connectivity index (χ4v) is 5.27. The number of amides is 1. The van der Waals surface area contributed by atoms with Crippen molar-refractivity contribution < 1.29 is 13.6 Å². The average Bonchev–Trinajstić information content (AvgIpc) is 3.52. The van der Waals surface area contributed by atoms with Crippen LogP contribution >= 0.6 is 34.7 Å². The second-order valence-corrected chi connectivity index (χ2v) is 9.37. The number of nitrogens with one attached hydrogen (secondary N) is 1. The summed E-state index contributed by atoms with van der Waals surface area (Å²) in [6.45, 7) is 2.12. The van der Waals surface area contributed by atoms with Gasteiger partial charge in [0.05, 0.1) is 22.8 Å². The molecule has 3 aromatic heterocycles. The van der Waals surface area contributed by atoms with Crippen LogP contribution in [-0.4, -0.2) is 48.5 Å². The highest BCUT2D eigenvalue weighted by atomic mass is 35.5. The molecule has 3 heterocycles. The van der Waals surface area contributed by atoms with Gasteiger partial charge in [0.15, 0.2) is 11.5 Å². The molecule has 1 aromatic carbocycles. The Morgan fingerprint density at radius 3 is 2.82 bits per heavy atom. The van der Waals surface area contributed by atoms with Crippen LogP contribution < -0.4 is 5.32 Å². The maximum Gasteiger partial charge on any atom is 0.273 e. The number of hydrogen-bond donors (Lipinski definition) is 1. The maximum absolute atomic E-state index is 14.0. The molecule has 0 fully saturated rings. The van der Waals surface area contributed by atoms with Crippen molar-refractivity contribution in [3.63, 3.8) is 0 Å². The first-order valence-electron chi connectivity index (χ1n) is 9.57. The van der Waals surface area contributed by atoms with Crippen LogP contribution in [0.15, 0.2) is 41.0 Å². The Labute approximate surface area is 201 Å². The molecule has 0 radical (unpaired) electrons. The highest BCUT2D eigenvalue weighted by molar-refractivity contribution is 7.98. The van der Waals surface area contributed by atoms with Crippen LogP contribution in [0.1, 0.15) is 28.0 Å². The molecule has 0 aliphatic heterocycles. The van der Waals surface area contributed by atoms with Crippen molar-refractivity contribution in [1.82, 2.24) is 35.1 Å². The summed E-state index contributed by atoms with van der Waals surface area (Å²) in [5.41, 5.74) is 0.125. The van der Waals surface area contributed by atoms with Gasteiger partial charge in [-0.2, -0.15) is 5.10 Å². The lowest BCUT2D eigenvalue weighted by molar-refractivity contribution is 0.0942. The van der Waals surface area contributed by atoms with Gasteiger partial charge in [0, 0.05) is 30.6 Å². The van der Waals surface area contributed by atoms with E-state index in [0.717, 1.165) is 27.4 Å². The number of thiazole rings is 1. The fraction of sp³-hybridized carbons (Fsp3) is 0.250. The first-order chi connectivity index (χ1) is 15.7. The lowest BCUT2D eigenvalue weighted by atomic mass is 9.84. The minimum absolute atomic E-state index is 0.0190. The van der Waals surface area contributed by atoms with E-state index in [1.807, 2.05) is 20.2 Å². The van der Waals surface area contributed by atoms with Crippen molar-refractivity contribution in [2.24, 2.45) is 7.05 Å². The van der Waals surface area contributed by atoms with Crippen LogP contribution in [0, 0.1) is 11.6 Å². The highest BCUT2D eigenvalue weighted by Gasteiger charge is 2.37. The predicted octanol–water partition coefficient (Wildman–Crippen LogP) is 3.85. The minimum Gasteiger partial charge on any atom is -0.349 e. The third-order valence-electron chi connectivity index (χ3n) is 5.11. The summed E-state index contributed by atoms with van der Waals surface area (Å²) in [6, 6.07) is 3.05. The fourth-order valence-electron chi connectivity index (χ4n) is 3.34. The first-order valence-corrected chi connectivity index (χ1v) is 12.0. The van der Waals surface area contributed by atoms with Crippen LogP contribution in [-0.2, 0) is 12.5 Å². The maximum atomic E-state index is 14.0. The molecule has 0 aliphatic rings. The number of carbonyl (C=O) groups is 1. The van der Waals surface area contributed by atoms with E-state index in [9.17, 15) is 13.6 Å². The summed E-state index contributed by atoms with van der Waals surface area (Å²) in [5, 5.41) is 18.6. The number of aryl methyl sites for hydroxylation is 1. The number of hydrogen-bond acceptors (Lipinski definition) is 7. The SMILES string of the molecule is CSc1c(C(C)(CNC(=O)c2cn(-c3ccc(F)cc3F)nn2)c2nc(Cl)cs2)cnn1C. The van der Waals surface area contributed by atoms with E-state index < -0.39 is 23.0 Å². The molecule has 4 aromatic rings. The van der Waals surface area contributed by atoms with E-state index in [2.05, 4.69) is 25.7 Å². The molecule has 0 bridgehead atoms. The Kier molecular flexibility index (Phi) is 6.50. The smallest absolute Gasteiger partial charge is 0.273 e. The number of carbonyl (C=O) groups excluding carboxylic acids is 1. The van der Waals surface area contributed by atoms with Gasteiger partial charge in [-0.15, -0.1) is 28.2 Å². The molecule has 13 heteroatoms. The van der Waals surface area contributed by atoms with Gasteiger partial charge in [-0.05, 0) is 25.3 Å². The Morgan fingerprint density at radius 1 is 1.36 bits per heavy atom. The van der Waals surface area contributed by atoms with E-state index in [-0.39, 0.29) is 17.9 Å². The third kappa shape index (κ3) is 4.50. The molecular formula is C20H18ClF2N7OS2. The van der Waals surface area contributed by atoms with E-state index in [0.29, 0.717) is 10.2 Å². The van der Waals surface area contributed by atoms with Crippen molar-refractivity contribution >= 4 is 40.6 Å². The molecule has 172 valence electrons. The Balaban J connectivity index is 1.60. The van der Waals surface area contributed by atoms with E-state index >= 15 is 0 Å². The molecule has 8 nitrogen and oxygen atoms in total. The summed E-state index contributed by atoms with van der Waals surface area (Å²) in [4.78, 5) is 17.3. The highest BCUT2D eigenvalue weighted by Crippen LogP contribution is 2.38. The van der Waals surface area contributed by atoms with Gasteiger partial charge in [-0.25, -0.2) is 18.4 Å². The van der Waals surface area contributed by atoms with Crippen molar-refractivity contribution in [3.8, 4) is 5.69 Å². The average molecular weight is 510 g/mol. The minimum atomic E-state index is -0.818. The van der Waals surface area contributed by atoms with Crippen molar-refractivity contribution in [2.45, 2.75) is 17.4 Å². The van der Waals surface area contributed by atoms with E-state index in [4.69, 9.17) is 11.6 Å². The second kappa shape index (κ2) is 9.20. The lowest BCUT2D eigenvalue weighted by Gasteiger charge is -2.27. The van der Waals surface area contributed by atoms with Gasteiger partial charge in [-0.1, -0.05) is 16.8 Å². The van der Waals surface area contributed by atoms with Crippen molar-refractivity contribution in [2.75, 3.05) is 12.8 Å². The van der Waals surface area contributed by atoms with Crippen LogP contribution in [0.25, 0.3) is 5.69 Å². The molecule has 0 spiro atoms. The largest absolute Gasteiger partial charge is 0.349 e. The quantitative estimate of drug-likeness (QED) is 0.381. The number of benzene rings is 1. The van der Waals surface area contributed by atoms with Gasteiger partial charge in [0.2, 0.25) is 0 Å². The molecule has 4 rings (SSSR count). The normalized spacial score (nSPS) is 13.2. The van der Waals surface area contributed by atoms with Crippen LogP contribution in [0.4, 0.5) is 8.78 Å². The molecular weight excluding hydrogens is 492 g/mol. The Bertz CT molecular complexity index is 1320. The van der Waals surface area contributed by atoms with Crippen LogP contribution in [0.2, 0.25) is 5.15 Å². The van der Waals surface area contributed by atoms with E-state index in [1.165, 1.54) is 35.4 Å². The van der Waals surface area contributed by atoms with E-state index in [1.54, 1.807) is 16.3 Å². The van der Waals surface area contributed by atoms with Gasteiger partial charge in [-0.3, -0.25) is 9.48 Å². The van der Waals surface area contributed by atoms with Crippen LogP contribution in [0.3, 0.4) is 0 Å².